The van der Waals surface area contributed by atoms with E-state index in [1.54, 1.807) is 0 Å². The first-order valence-corrected chi connectivity index (χ1v) is 6.72. The van der Waals surface area contributed by atoms with E-state index in [4.69, 9.17) is 0 Å². The Hall–Kier alpha value is -0.370. The van der Waals surface area contributed by atoms with Gasteiger partial charge >= 0.3 is 0 Å². The molecule has 16 heavy (non-hydrogen) atoms. The van der Waals surface area contributed by atoms with Gasteiger partial charge in [-0.1, -0.05) is 20.8 Å². The molecular formula is C14H25NO. The van der Waals surface area contributed by atoms with Crippen LogP contribution in [0.15, 0.2) is 0 Å². The second-order valence-electron chi connectivity index (χ2n) is 6.64. The second kappa shape index (κ2) is 4.48. The molecular weight excluding hydrogens is 198 g/mol. The molecule has 2 aliphatic rings. The Bertz CT molecular complexity index is 266. The first-order valence-electron chi connectivity index (χ1n) is 6.72. The first-order chi connectivity index (χ1) is 7.47. The van der Waals surface area contributed by atoms with Crippen molar-refractivity contribution in [1.29, 1.82) is 0 Å². The smallest absolute Gasteiger partial charge is 0.134 e. The van der Waals surface area contributed by atoms with Gasteiger partial charge in [-0.05, 0) is 37.1 Å². The van der Waals surface area contributed by atoms with Crippen molar-refractivity contribution >= 4 is 5.78 Å². The molecule has 1 aliphatic heterocycles. The first kappa shape index (κ1) is 12.1. The summed E-state index contributed by atoms with van der Waals surface area (Å²) < 4.78 is 0. The Morgan fingerprint density at radius 1 is 1.25 bits per heavy atom. The summed E-state index contributed by atoms with van der Waals surface area (Å²) in [5.41, 5.74) is 0.424. The fourth-order valence-corrected chi connectivity index (χ4v) is 3.14. The predicted molar refractivity (Wildman–Crippen MR) is 66.4 cm³/mol. The zero-order chi connectivity index (χ0) is 11.8. The van der Waals surface area contributed by atoms with Crippen LogP contribution >= 0.6 is 0 Å². The van der Waals surface area contributed by atoms with Gasteiger partial charge in [0, 0.05) is 25.4 Å². The van der Waals surface area contributed by atoms with Gasteiger partial charge in [0.15, 0.2) is 0 Å². The molecule has 2 heteroatoms. The van der Waals surface area contributed by atoms with Gasteiger partial charge in [-0.25, -0.2) is 0 Å². The summed E-state index contributed by atoms with van der Waals surface area (Å²) in [6.45, 7) is 9.44. The molecule has 2 unspecified atom stereocenters. The summed E-state index contributed by atoms with van der Waals surface area (Å²) >= 11 is 0. The molecule has 0 spiro atoms. The fourth-order valence-electron chi connectivity index (χ4n) is 3.14. The minimum absolute atomic E-state index is 0.424. The monoisotopic (exact) mass is 223 g/mol. The molecule has 2 rings (SSSR count). The summed E-state index contributed by atoms with van der Waals surface area (Å²) in [6, 6.07) is 0.564. The Kier molecular flexibility index (Phi) is 3.39. The minimum atomic E-state index is 0.424. The minimum Gasteiger partial charge on any atom is -0.300 e. The SMILES string of the molecule is CC(C)(C)C1CCN(C2CCCC(=O)C2)C1. The average molecular weight is 223 g/mol. The molecule has 0 aromatic rings. The number of ketones is 1. The van der Waals surface area contributed by atoms with Crippen molar-refractivity contribution in [2.24, 2.45) is 11.3 Å². The van der Waals surface area contributed by atoms with Crippen molar-refractivity contribution in [2.75, 3.05) is 13.1 Å². The molecule has 0 aromatic carbocycles. The summed E-state index contributed by atoms with van der Waals surface area (Å²) in [5, 5.41) is 0. The number of carbonyl (C=O) groups excluding carboxylic acids is 1. The normalized spacial score (nSPS) is 33.3. The van der Waals surface area contributed by atoms with Crippen LogP contribution in [0.1, 0.15) is 52.9 Å². The zero-order valence-corrected chi connectivity index (χ0v) is 11.0. The lowest BCUT2D eigenvalue weighted by atomic mass is 9.80. The molecule has 1 heterocycles. The van der Waals surface area contributed by atoms with Crippen LogP contribution in [-0.4, -0.2) is 29.8 Å². The van der Waals surface area contributed by atoms with E-state index in [9.17, 15) is 4.79 Å². The number of hydrogen-bond acceptors (Lipinski definition) is 2. The van der Waals surface area contributed by atoms with Gasteiger partial charge in [0.1, 0.15) is 5.78 Å². The van der Waals surface area contributed by atoms with Gasteiger partial charge in [0.25, 0.3) is 0 Å². The van der Waals surface area contributed by atoms with Crippen molar-refractivity contribution in [3.63, 3.8) is 0 Å². The van der Waals surface area contributed by atoms with Crippen LogP contribution in [0.4, 0.5) is 0 Å². The van der Waals surface area contributed by atoms with Crippen LogP contribution in [-0.2, 0) is 4.79 Å². The summed E-state index contributed by atoms with van der Waals surface area (Å²) in [4.78, 5) is 14.1. The molecule has 0 bridgehead atoms. The Morgan fingerprint density at radius 2 is 2.00 bits per heavy atom. The average Bonchev–Trinajstić information content (AvgIpc) is 2.65. The number of hydrogen-bond donors (Lipinski definition) is 0. The number of nitrogens with zero attached hydrogens (tertiary/aromatic N) is 1. The largest absolute Gasteiger partial charge is 0.300 e. The van der Waals surface area contributed by atoms with Crippen LogP contribution < -0.4 is 0 Å². The third-order valence-corrected chi connectivity index (χ3v) is 4.42. The molecule has 2 atom stereocenters. The molecule has 0 N–H and O–H groups in total. The standard InChI is InChI=1S/C14H25NO/c1-14(2,3)11-7-8-15(10-11)12-5-4-6-13(16)9-12/h11-12H,4-10H2,1-3H3. The van der Waals surface area contributed by atoms with Crippen molar-refractivity contribution < 1.29 is 4.79 Å². The molecule has 1 saturated heterocycles. The third-order valence-electron chi connectivity index (χ3n) is 4.42. The van der Waals surface area contributed by atoms with Crippen LogP contribution in [0.25, 0.3) is 0 Å². The van der Waals surface area contributed by atoms with Crippen molar-refractivity contribution in [3.05, 3.63) is 0 Å². The van der Waals surface area contributed by atoms with Gasteiger partial charge in [-0.3, -0.25) is 9.69 Å². The third kappa shape index (κ3) is 2.65. The topological polar surface area (TPSA) is 20.3 Å². The Labute approximate surface area is 99.4 Å². The van der Waals surface area contributed by atoms with Crippen molar-refractivity contribution in [3.8, 4) is 0 Å². The summed E-state index contributed by atoms with van der Waals surface area (Å²) in [5.74, 6) is 1.29. The molecule has 0 radical (unpaired) electrons. The van der Waals surface area contributed by atoms with E-state index >= 15 is 0 Å². The summed E-state index contributed by atoms with van der Waals surface area (Å²) in [6.07, 6.45) is 5.31. The van der Waals surface area contributed by atoms with E-state index < -0.39 is 0 Å². The lowest BCUT2D eigenvalue weighted by Gasteiger charge is -2.32. The van der Waals surface area contributed by atoms with E-state index in [0.29, 0.717) is 17.2 Å². The van der Waals surface area contributed by atoms with E-state index in [2.05, 4.69) is 25.7 Å². The van der Waals surface area contributed by atoms with Gasteiger partial charge in [-0.2, -0.15) is 0 Å². The van der Waals surface area contributed by atoms with Gasteiger partial charge in [0.2, 0.25) is 0 Å². The van der Waals surface area contributed by atoms with Gasteiger partial charge in [-0.15, -0.1) is 0 Å². The Balaban J connectivity index is 1.90. The number of Topliss-reactive ketones (excluding diaryl/α,β-unsaturated/α-hetero) is 1. The molecule has 2 fully saturated rings. The molecule has 1 saturated carbocycles. The van der Waals surface area contributed by atoms with Crippen LogP contribution in [0.3, 0.4) is 0 Å². The van der Waals surface area contributed by atoms with Crippen LogP contribution in [0.2, 0.25) is 0 Å². The highest BCUT2D eigenvalue weighted by Gasteiger charge is 2.35. The number of rotatable bonds is 1. The molecule has 0 amide bonds. The Morgan fingerprint density at radius 3 is 2.56 bits per heavy atom. The number of likely N-dealkylation sites (tertiary alicyclic amines) is 1. The fraction of sp³-hybridized carbons (Fsp3) is 0.929. The van der Waals surface area contributed by atoms with E-state index in [-0.39, 0.29) is 0 Å². The van der Waals surface area contributed by atoms with Crippen LogP contribution in [0.5, 0.6) is 0 Å². The highest BCUT2D eigenvalue weighted by molar-refractivity contribution is 5.79. The van der Waals surface area contributed by atoms with Crippen LogP contribution in [0, 0.1) is 11.3 Å². The lowest BCUT2D eigenvalue weighted by molar-refractivity contribution is -0.121. The van der Waals surface area contributed by atoms with Gasteiger partial charge < -0.3 is 0 Å². The predicted octanol–water partition coefficient (Wildman–Crippen LogP) is 2.87. The zero-order valence-electron chi connectivity index (χ0n) is 11.0. The van der Waals surface area contributed by atoms with E-state index in [1.165, 1.54) is 25.9 Å². The highest BCUT2D eigenvalue weighted by atomic mass is 16.1. The molecule has 1 aliphatic carbocycles. The van der Waals surface area contributed by atoms with E-state index in [0.717, 1.165) is 25.2 Å². The molecule has 92 valence electrons. The van der Waals surface area contributed by atoms with Crippen molar-refractivity contribution in [2.45, 2.75) is 58.9 Å². The summed E-state index contributed by atoms with van der Waals surface area (Å²) in [7, 11) is 0. The van der Waals surface area contributed by atoms with E-state index in [1.807, 2.05) is 0 Å². The maximum Gasteiger partial charge on any atom is 0.134 e. The molecule has 2 nitrogen and oxygen atoms in total. The maximum atomic E-state index is 11.5. The quantitative estimate of drug-likeness (QED) is 0.681. The second-order valence-corrected chi connectivity index (χ2v) is 6.64. The molecule has 0 aromatic heterocycles. The highest BCUT2D eigenvalue weighted by Crippen LogP contribution is 2.36. The number of carbonyl (C=O) groups is 1. The lowest BCUT2D eigenvalue weighted by Crippen LogP contribution is -2.38. The van der Waals surface area contributed by atoms with Gasteiger partial charge in [0.05, 0.1) is 0 Å². The van der Waals surface area contributed by atoms with Crippen molar-refractivity contribution in [1.82, 2.24) is 4.90 Å². The maximum absolute atomic E-state index is 11.5.